The van der Waals surface area contributed by atoms with Crippen molar-refractivity contribution in [3.63, 3.8) is 0 Å². The SMILES string of the molecule is N#Cc1ccc(Cl)cc1NC(=O)CN1CCCC(CC(N)=O)C1. The summed E-state index contributed by atoms with van der Waals surface area (Å²) in [6, 6.07) is 6.76. The van der Waals surface area contributed by atoms with Gasteiger partial charge in [-0.15, -0.1) is 0 Å². The van der Waals surface area contributed by atoms with Crippen LogP contribution in [0.1, 0.15) is 24.8 Å². The van der Waals surface area contributed by atoms with Gasteiger partial charge in [0.1, 0.15) is 6.07 Å². The zero-order valence-corrected chi connectivity index (χ0v) is 13.5. The number of carbonyl (C=O) groups excluding carboxylic acids is 2. The molecule has 3 N–H and O–H groups in total. The van der Waals surface area contributed by atoms with Gasteiger partial charge in [0.05, 0.1) is 17.8 Å². The Morgan fingerprint density at radius 3 is 2.96 bits per heavy atom. The number of amides is 2. The average molecular weight is 335 g/mol. The maximum absolute atomic E-state index is 12.2. The van der Waals surface area contributed by atoms with Gasteiger partial charge >= 0.3 is 0 Å². The lowest BCUT2D eigenvalue weighted by atomic mass is 9.94. The molecule has 1 aromatic rings. The molecule has 1 aromatic carbocycles. The van der Waals surface area contributed by atoms with Crippen molar-refractivity contribution in [1.29, 1.82) is 5.26 Å². The van der Waals surface area contributed by atoms with Gasteiger partial charge in [-0.3, -0.25) is 14.5 Å². The average Bonchev–Trinajstić information content (AvgIpc) is 2.47. The highest BCUT2D eigenvalue weighted by atomic mass is 35.5. The molecule has 1 aliphatic rings. The molecule has 2 rings (SSSR count). The molecule has 1 saturated heterocycles. The van der Waals surface area contributed by atoms with Crippen LogP contribution >= 0.6 is 11.6 Å². The van der Waals surface area contributed by atoms with Crippen LogP contribution in [-0.2, 0) is 9.59 Å². The first-order valence-electron chi connectivity index (χ1n) is 7.48. The van der Waals surface area contributed by atoms with Crippen LogP contribution in [0, 0.1) is 17.2 Å². The maximum Gasteiger partial charge on any atom is 0.238 e. The third-order valence-corrected chi connectivity index (χ3v) is 4.07. The highest BCUT2D eigenvalue weighted by molar-refractivity contribution is 6.31. The normalized spacial score (nSPS) is 18.2. The van der Waals surface area contributed by atoms with Crippen molar-refractivity contribution in [3.8, 4) is 6.07 Å². The summed E-state index contributed by atoms with van der Waals surface area (Å²) in [6.45, 7) is 1.70. The van der Waals surface area contributed by atoms with E-state index < -0.39 is 0 Å². The van der Waals surface area contributed by atoms with E-state index in [1.54, 1.807) is 18.2 Å². The Morgan fingerprint density at radius 1 is 1.48 bits per heavy atom. The third-order valence-electron chi connectivity index (χ3n) is 3.84. The minimum absolute atomic E-state index is 0.204. The molecular formula is C16H19ClN4O2. The van der Waals surface area contributed by atoms with Crippen molar-refractivity contribution in [2.24, 2.45) is 11.7 Å². The number of piperidine rings is 1. The Balaban J connectivity index is 1.93. The minimum atomic E-state index is -0.307. The van der Waals surface area contributed by atoms with Crippen LogP contribution in [0.15, 0.2) is 18.2 Å². The highest BCUT2D eigenvalue weighted by Gasteiger charge is 2.23. The number of nitrogens with two attached hydrogens (primary N) is 1. The number of benzene rings is 1. The van der Waals surface area contributed by atoms with Crippen LogP contribution in [0.4, 0.5) is 5.69 Å². The summed E-state index contributed by atoms with van der Waals surface area (Å²) in [4.78, 5) is 25.2. The molecular weight excluding hydrogens is 316 g/mol. The third kappa shape index (κ3) is 5.23. The molecule has 1 unspecified atom stereocenters. The number of hydrogen-bond donors (Lipinski definition) is 2. The second kappa shape index (κ2) is 7.95. The molecule has 0 radical (unpaired) electrons. The van der Waals surface area contributed by atoms with Crippen molar-refractivity contribution in [2.75, 3.05) is 25.0 Å². The van der Waals surface area contributed by atoms with Crippen LogP contribution in [-0.4, -0.2) is 36.3 Å². The highest BCUT2D eigenvalue weighted by Crippen LogP contribution is 2.21. The number of likely N-dealkylation sites (tertiary alicyclic amines) is 1. The molecule has 0 spiro atoms. The fourth-order valence-electron chi connectivity index (χ4n) is 2.86. The van der Waals surface area contributed by atoms with Gasteiger partial charge in [-0.1, -0.05) is 11.6 Å². The first kappa shape index (κ1) is 17.3. The van der Waals surface area contributed by atoms with Crippen LogP contribution in [0.3, 0.4) is 0 Å². The number of halogens is 1. The van der Waals surface area contributed by atoms with Crippen molar-refractivity contribution < 1.29 is 9.59 Å². The Hall–Kier alpha value is -2.10. The van der Waals surface area contributed by atoms with Crippen molar-refractivity contribution in [2.45, 2.75) is 19.3 Å². The lowest BCUT2D eigenvalue weighted by molar-refractivity contribution is -0.119. The van der Waals surface area contributed by atoms with E-state index in [0.717, 1.165) is 19.4 Å². The molecule has 1 heterocycles. The van der Waals surface area contributed by atoms with Crippen LogP contribution in [0.5, 0.6) is 0 Å². The molecule has 6 nitrogen and oxygen atoms in total. The van der Waals surface area contributed by atoms with Crippen LogP contribution < -0.4 is 11.1 Å². The van der Waals surface area contributed by atoms with Crippen LogP contribution in [0.25, 0.3) is 0 Å². The van der Waals surface area contributed by atoms with E-state index in [2.05, 4.69) is 5.32 Å². The summed E-state index contributed by atoms with van der Waals surface area (Å²) in [5.41, 5.74) is 6.02. The number of nitriles is 1. The van der Waals surface area contributed by atoms with E-state index in [-0.39, 0.29) is 24.3 Å². The number of nitrogens with zero attached hydrogens (tertiary/aromatic N) is 2. The van der Waals surface area contributed by atoms with E-state index in [1.807, 2.05) is 11.0 Å². The number of nitrogens with one attached hydrogen (secondary N) is 1. The summed E-state index contributed by atoms with van der Waals surface area (Å²) in [7, 11) is 0. The lowest BCUT2D eigenvalue weighted by Crippen LogP contribution is -2.41. The quantitative estimate of drug-likeness (QED) is 0.856. The van der Waals surface area contributed by atoms with Gasteiger partial charge in [0, 0.05) is 18.0 Å². The van der Waals surface area contributed by atoms with E-state index in [0.29, 0.717) is 29.2 Å². The van der Waals surface area contributed by atoms with E-state index >= 15 is 0 Å². The molecule has 0 bridgehead atoms. The van der Waals surface area contributed by atoms with E-state index in [1.165, 1.54) is 0 Å². The maximum atomic E-state index is 12.2. The smallest absolute Gasteiger partial charge is 0.238 e. The fourth-order valence-corrected chi connectivity index (χ4v) is 3.03. The van der Waals surface area contributed by atoms with Crippen molar-refractivity contribution in [1.82, 2.24) is 4.90 Å². The Bertz CT molecular complexity index is 641. The second-order valence-corrected chi connectivity index (χ2v) is 6.20. The minimum Gasteiger partial charge on any atom is -0.370 e. The molecule has 122 valence electrons. The Kier molecular flexibility index (Phi) is 5.97. The van der Waals surface area contributed by atoms with Gasteiger partial charge in [-0.2, -0.15) is 5.26 Å². The zero-order chi connectivity index (χ0) is 16.8. The first-order chi connectivity index (χ1) is 11.0. The van der Waals surface area contributed by atoms with E-state index in [4.69, 9.17) is 22.6 Å². The van der Waals surface area contributed by atoms with Gasteiger partial charge < -0.3 is 11.1 Å². The Labute approximate surface area is 140 Å². The van der Waals surface area contributed by atoms with Gasteiger partial charge in [0.25, 0.3) is 0 Å². The van der Waals surface area contributed by atoms with Gasteiger partial charge in [-0.25, -0.2) is 0 Å². The molecule has 1 aliphatic heterocycles. The lowest BCUT2D eigenvalue weighted by Gasteiger charge is -2.31. The topological polar surface area (TPSA) is 99.2 Å². The molecule has 7 heteroatoms. The molecule has 0 aliphatic carbocycles. The predicted octanol–water partition coefficient (Wildman–Crippen LogP) is 1.74. The predicted molar refractivity (Wildman–Crippen MR) is 87.8 cm³/mol. The Morgan fingerprint density at radius 2 is 2.26 bits per heavy atom. The first-order valence-corrected chi connectivity index (χ1v) is 7.86. The van der Waals surface area contributed by atoms with Gasteiger partial charge in [0.2, 0.25) is 11.8 Å². The number of anilines is 1. The molecule has 23 heavy (non-hydrogen) atoms. The van der Waals surface area contributed by atoms with Crippen molar-refractivity contribution in [3.05, 3.63) is 28.8 Å². The zero-order valence-electron chi connectivity index (χ0n) is 12.7. The summed E-state index contributed by atoms with van der Waals surface area (Å²) in [5, 5.41) is 12.2. The second-order valence-electron chi connectivity index (χ2n) is 5.76. The van der Waals surface area contributed by atoms with E-state index in [9.17, 15) is 9.59 Å². The molecule has 1 fully saturated rings. The van der Waals surface area contributed by atoms with Gasteiger partial charge in [-0.05, 0) is 43.5 Å². The number of carbonyl (C=O) groups is 2. The van der Waals surface area contributed by atoms with Gasteiger partial charge in [0.15, 0.2) is 0 Å². The van der Waals surface area contributed by atoms with Crippen molar-refractivity contribution >= 4 is 29.1 Å². The molecule has 0 saturated carbocycles. The number of hydrogen-bond acceptors (Lipinski definition) is 4. The summed E-state index contributed by atoms with van der Waals surface area (Å²) in [6.07, 6.45) is 2.24. The molecule has 1 atom stereocenters. The standard InChI is InChI=1S/C16H19ClN4O2/c17-13-4-3-12(8-18)14(7-13)20-16(23)10-21-5-1-2-11(9-21)6-15(19)22/h3-4,7,11H,1-2,5-6,9-10H2,(H2,19,22)(H,20,23). The summed E-state index contributed by atoms with van der Waals surface area (Å²) < 4.78 is 0. The largest absolute Gasteiger partial charge is 0.370 e. The monoisotopic (exact) mass is 334 g/mol. The molecule has 0 aromatic heterocycles. The number of rotatable bonds is 5. The molecule has 2 amide bonds. The summed E-state index contributed by atoms with van der Waals surface area (Å²) in [5.74, 6) is -0.308. The van der Waals surface area contributed by atoms with Crippen LogP contribution in [0.2, 0.25) is 5.02 Å². The number of primary amides is 1. The fraction of sp³-hybridized carbons (Fsp3) is 0.438. The summed E-state index contributed by atoms with van der Waals surface area (Å²) >= 11 is 5.90.